The van der Waals surface area contributed by atoms with Gasteiger partial charge in [-0.1, -0.05) is 34.4 Å². The van der Waals surface area contributed by atoms with E-state index in [1.807, 2.05) is 64.1 Å². The van der Waals surface area contributed by atoms with Crippen molar-refractivity contribution in [2.45, 2.75) is 142 Å². The van der Waals surface area contributed by atoms with Crippen LogP contribution in [-0.2, 0) is 55.8 Å². The van der Waals surface area contributed by atoms with Crippen molar-refractivity contribution < 1.29 is 57.2 Å². The van der Waals surface area contributed by atoms with Gasteiger partial charge in [-0.05, 0) is 314 Å². The second-order valence-corrected chi connectivity index (χ2v) is 38.4. The lowest BCUT2D eigenvalue weighted by atomic mass is 9.61. The van der Waals surface area contributed by atoms with E-state index in [1.54, 1.807) is 160 Å². The highest BCUT2D eigenvalue weighted by Crippen LogP contribution is 2.56. The first-order valence-corrected chi connectivity index (χ1v) is 43.3. The van der Waals surface area contributed by atoms with Gasteiger partial charge in [0.25, 0.3) is 0 Å². The molecule has 0 spiro atoms. The van der Waals surface area contributed by atoms with Crippen molar-refractivity contribution in [2.75, 3.05) is 0 Å². The standard InChI is InChI=1S/C31H27F2N3O3S.C31H28FN3O3S.C29H27FN4O3S/c1-19-11-12-34-28(13-19)30(37)31-16-21-18-35-36(24-6-4-23(32)5-7-24)29(21)15-22(31)3-8-26(17-31)40(38,39)25-9-10-27(33)20(2)14-25;1-20-3-10-26(11-4-20)39(37,38)27-12-5-23-16-29-22(19-34-35(29)25-8-6-24(32)7-9-25)17-31(23,18-27)30(36)28-15-21(2)13-14-33-28;1-19-9-11-31-26(13-19)28(35)29-15-20-17-32-34(23-6-4-22(30)5-7-23)27(20)14-21(29)3-8-24(16-29)38(36,37)25-10-12-33(2)18-25/h4-7,9-15,18,26H,3,8,16-17H2,1-2H3;3-4,6-11,13-16,19,27H,5,12,17-18H2,1-2H3;4-7,9-14,17-18,24H,3,8,15-16H2,1-2H3/t26-,31-;27-,31-;24-,29-/m000/s1. The van der Waals surface area contributed by atoms with Gasteiger partial charge in [0, 0.05) is 38.0 Å². The summed E-state index contributed by atoms with van der Waals surface area (Å²) in [6.45, 7) is 9.14. The largest absolute Gasteiger partial charge is 0.356 e. The molecule has 3 saturated carbocycles. The number of nitrogens with zero attached hydrogens (tertiary/aromatic N) is 10. The normalized spacial score (nSPS) is 20.6. The lowest BCUT2D eigenvalue weighted by molar-refractivity contribution is 0.0790. The molecule has 0 aliphatic heterocycles. The first-order valence-electron chi connectivity index (χ1n) is 38.6. The van der Waals surface area contributed by atoms with E-state index in [1.165, 1.54) is 61.5 Å². The lowest BCUT2D eigenvalue weighted by Gasteiger charge is -2.43. The molecule has 6 atom stereocenters. The molecule has 0 saturated heterocycles. The van der Waals surface area contributed by atoms with Crippen LogP contribution in [0.15, 0.2) is 239 Å². The number of hydrogen-bond donors (Lipinski definition) is 0. The van der Waals surface area contributed by atoms with Gasteiger partial charge in [0.15, 0.2) is 46.9 Å². The molecular weight excluding hydrogens is 1550 g/mol. The third-order valence-electron chi connectivity index (χ3n) is 24.1. The van der Waals surface area contributed by atoms with Crippen LogP contribution < -0.4 is 0 Å². The molecule has 26 heteroatoms. The Labute approximate surface area is 675 Å². The highest BCUT2D eigenvalue weighted by Gasteiger charge is 2.56. The molecule has 19 nitrogen and oxygen atoms in total. The quantitative estimate of drug-likeness (QED) is 0.0525. The maximum Gasteiger partial charge on any atom is 0.191 e. The predicted molar refractivity (Wildman–Crippen MR) is 435 cm³/mol. The van der Waals surface area contributed by atoms with Gasteiger partial charge in [0.1, 0.15) is 40.4 Å². The van der Waals surface area contributed by atoms with Crippen LogP contribution in [0.2, 0.25) is 0 Å². The fourth-order valence-corrected chi connectivity index (χ4v) is 23.4. The fourth-order valence-electron chi connectivity index (χ4n) is 17.8. The zero-order chi connectivity index (χ0) is 82.3. The van der Waals surface area contributed by atoms with Gasteiger partial charge in [-0.15, -0.1) is 0 Å². The maximum absolute atomic E-state index is 14.3. The monoisotopic (exact) mass is 1630 g/mol. The molecule has 0 amide bonds. The molecule has 6 aliphatic rings. The highest BCUT2D eigenvalue weighted by molar-refractivity contribution is 7.92. The average Bonchev–Trinajstić information content (AvgIpc) is 1.72. The highest BCUT2D eigenvalue weighted by atomic mass is 32.2. The van der Waals surface area contributed by atoms with Crippen molar-refractivity contribution >= 4 is 65.1 Å². The molecule has 0 radical (unpaired) electrons. The SMILES string of the molecule is Cc1ccc(S(=O)(=O)[C@H]2CCC3=Cc4c(cnn4-c4ccc(F)cc4)C[C@]3(C(=O)c3cc(C)ccn3)C2)cc1.Cc1ccnc(C(=O)[C@]23Cc4cnn(-c5ccc(F)cc5)c4C=C2CC[C@H](S(=O)(=O)c2ccc(F)c(C)c2)C3)c1.Cc1ccnc(C(=O)[C@]23Cc4cnn(-c5ccc(F)cc5)c4C=C2CC[C@H](S(=O)(=O)c2ccn(C)c2)C3)c1. The fraction of sp³-hybridized carbons (Fsp3) is 0.264. The van der Waals surface area contributed by atoms with E-state index in [-0.39, 0.29) is 86.4 Å². The Bertz CT molecular complexity index is 6450. The van der Waals surface area contributed by atoms with Gasteiger partial charge in [-0.25, -0.2) is 56.9 Å². The van der Waals surface area contributed by atoms with E-state index < -0.39 is 67.3 Å². The Morgan fingerprint density at radius 3 is 1.05 bits per heavy atom. The summed E-state index contributed by atoms with van der Waals surface area (Å²) >= 11 is 0. The van der Waals surface area contributed by atoms with E-state index in [2.05, 4.69) is 30.2 Å². The predicted octanol–water partition coefficient (Wildman–Crippen LogP) is 16.7. The van der Waals surface area contributed by atoms with Crippen LogP contribution in [0.25, 0.3) is 35.3 Å². The average molecular weight is 1630 g/mol. The number of carbonyl (C=O) groups excluding carboxylic acids is 3. The topological polar surface area (TPSA) is 251 Å². The molecule has 7 aromatic heterocycles. The molecular formula is C91H82F4N10O9S3. The van der Waals surface area contributed by atoms with Crippen molar-refractivity contribution in [3.8, 4) is 17.1 Å². The molecule has 6 aliphatic carbocycles. The minimum atomic E-state index is -3.86. The summed E-state index contributed by atoms with van der Waals surface area (Å²) in [5.41, 5.74) is 11.3. The second kappa shape index (κ2) is 30.7. The lowest BCUT2D eigenvalue weighted by Crippen LogP contribution is -2.45. The maximum atomic E-state index is 14.3. The zero-order valence-electron chi connectivity index (χ0n) is 65.0. The van der Waals surface area contributed by atoms with Gasteiger partial charge < -0.3 is 4.57 Å². The van der Waals surface area contributed by atoms with Crippen LogP contribution in [0.4, 0.5) is 17.6 Å². The smallest absolute Gasteiger partial charge is 0.191 e. The molecule has 117 heavy (non-hydrogen) atoms. The number of aryl methyl sites for hydroxylation is 6. The van der Waals surface area contributed by atoms with Crippen LogP contribution in [0.1, 0.15) is 151 Å². The number of hydrogen-bond acceptors (Lipinski definition) is 15. The summed E-state index contributed by atoms with van der Waals surface area (Å²) < 4.78 is 144. The van der Waals surface area contributed by atoms with E-state index >= 15 is 0 Å². The summed E-state index contributed by atoms with van der Waals surface area (Å²) in [6.07, 6.45) is 23.0. The Morgan fingerprint density at radius 1 is 0.393 bits per heavy atom. The van der Waals surface area contributed by atoms with Crippen LogP contribution >= 0.6 is 0 Å². The number of sulfone groups is 3. The van der Waals surface area contributed by atoms with Crippen molar-refractivity contribution in [2.24, 2.45) is 23.3 Å². The minimum Gasteiger partial charge on any atom is -0.356 e. The number of Topliss-reactive ketones (excluding diaryl/α,β-unsaturated/α-hetero) is 3. The molecule has 0 N–H and O–H groups in total. The Morgan fingerprint density at radius 2 is 0.726 bits per heavy atom. The second-order valence-electron chi connectivity index (χ2n) is 31.7. The molecule has 596 valence electrons. The number of ketones is 3. The summed E-state index contributed by atoms with van der Waals surface area (Å²) in [5, 5.41) is 11.4. The van der Waals surface area contributed by atoms with E-state index in [9.17, 15) is 57.2 Å². The van der Waals surface area contributed by atoms with Crippen molar-refractivity contribution in [1.29, 1.82) is 0 Å². The van der Waals surface area contributed by atoms with Crippen molar-refractivity contribution in [3.05, 3.63) is 326 Å². The van der Waals surface area contributed by atoms with Gasteiger partial charge in [0.2, 0.25) is 0 Å². The molecule has 3 fully saturated rings. The van der Waals surface area contributed by atoms with Crippen LogP contribution in [0.5, 0.6) is 0 Å². The molecule has 0 unspecified atom stereocenters. The van der Waals surface area contributed by atoms with Gasteiger partial charge >= 0.3 is 0 Å². The van der Waals surface area contributed by atoms with Crippen LogP contribution in [-0.4, -0.2) is 107 Å². The summed E-state index contributed by atoms with van der Waals surface area (Å²) in [5.74, 6) is -2.04. The van der Waals surface area contributed by atoms with Crippen LogP contribution in [0, 0.1) is 74.1 Å². The Balaban J connectivity index is 0.000000131. The first kappa shape index (κ1) is 79.1. The van der Waals surface area contributed by atoms with E-state index in [4.69, 9.17) is 0 Å². The molecule has 5 aromatic carbocycles. The van der Waals surface area contributed by atoms with E-state index in [0.717, 1.165) is 72.7 Å². The summed E-state index contributed by atoms with van der Waals surface area (Å²) in [6, 6.07) is 41.3. The third kappa shape index (κ3) is 14.7. The number of halogens is 4. The number of carbonyl (C=O) groups is 3. The number of allylic oxidation sites excluding steroid dienone is 3. The number of benzene rings is 5. The molecule has 18 rings (SSSR count). The molecule has 0 bridgehead atoms. The van der Waals surface area contributed by atoms with Gasteiger partial charge in [-0.2, -0.15) is 15.3 Å². The first-order chi connectivity index (χ1) is 55.9. The number of aromatic nitrogens is 10. The van der Waals surface area contributed by atoms with Crippen molar-refractivity contribution in [3.63, 3.8) is 0 Å². The number of fused-ring (bicyclic) bond motifs is 6. The van der Waals surface area contributed by atoms with Gasteiger partial charge in [0.05, 0.1) is 99.4 Å². The third-order valence-corrected chi connectivity index (χ3v) is 30.6. The number of rotatable bonds is 15. The van der Waals surface area contributed by atoms with Crippen molar-refractivity contribution in [1.82, 2.24) is 48.9 Å². The molecule has 12 aromatic rings. The Hall–Kier alpha value is -11.7. The minimum absolute atomic E-state index is 0.0562. The van der Waals surface area contributed by atoms with E-state index in [0.29, 0.717) is 79.8 Å². The Kier molecular flexibility index (Phi) is 20.8. The number of pyridine rings is 3. The zero-order valence-corrected chi connectivity index (χ0v) is 67.4. The summed E-state index contributed by atoms with van der Waals surface area (Å²) in [4.78, 5) is 56.7. The molecule has 7 heterocycles. The summed E-state index contributed by atoms with van der Waals surface area (Å²) in [7, 11) is -9.38. The van der Waals surface area contributed by atoms with Gasteiger partial charge in [-0.3, -0.25) is 29.3 Å². The van der Waals surface area contributed by atoms with Crippen LogP contribution in [0.3, 0.4) is 0 Å².